The molecule has 2 unspecified atom stereocenters. The normalized spacial score (nSPS) is 26.2. The lowest BCUT2D eigenvalue weighted by atomic mass is 10.1. The standard InChI is InChI=1S/C14H14F3NO2/c1-9(7-10-5-3-2-4-6-10)11-8-13(11,18)20-12(19)14(15,16)17/h2-7,11H,8,18H2,1H3/b9-7+. The van der Waals surface area contributed by atoms with Gasteiger partial charge in [-0.05, 0) is 12.5 Å². The van der Waals surface area contributed by atoms with E-state index < -0.39 is 17.9 Å². The molecule has 1 aliphatic rings. The molecule has 0 radical (unpaired) electrons. The number of benzene rings is 1. The molecule has 0 saturated heterocycles. The number of esters is 1. The molecule has 6 heteroatoms. The van der Waals surface area contributed by atoms with Gasteiger partial charge in [-0.25, -0.2) is 4.79 Å². The van der Waals surface area contributed by atoms with Crippen molar-refractivity contribution in [2.45, 2.75) is 25.2 Å². The van der Waals surface area contributed by atoms with Crippen LogP contribution in [0.1, 0.15) is 18.9 Å². The van der Waals surface area contributed by atoms with Gasteiger partial charge in [0.1, 0.15) is 0 Å². The first kappa shape index (κ1) is 14.6. The predicted octanol–water partition coefficient (Wildman–Crippen LogP) is 2.87. The minimum atomic E-state index is -5.02. The summed E-state index contributed by atoms with van der Waals surface area (Å²) in [6, 6.07) is 9.30. The van der Waals surface area contributed by atoms with Crippen molar-refractivity contribution in [3.63, 3.8) is 0 Å². The fourth-order valence-corrected chi connectivity index (χ4v) is 2.06. The third-order valence-electron chi connectivity index (χ3n) is 3.21. The Morgan fingerprint density at radius 1 is 1.40 bits per heavy atom. The molecule has 0 spiro atoms. The maximum atomic E-state index is 12.1. The second-order valence-corrected chi connectivity index (χ2v) is 4.90. The molecule has 0 aliphatic heterocycles. The van der Waals surface area contributed by atoms with Gasteiger partial charge in [-0.3, -0.25) is 5.73 Å². The number of carbonyl (C=O) groups excluding carboxylic acids is 1. The Morgan fingerprint density at radius 2 is 2.00 bits per heavy atom. The van der Waals surface area contributed by atoms with Crippen LogP contribution in [-0.2, 0) is 9.53 Å². The van der Waals surface area contributed by atoms with Crippen LogP contribution >= 0.6 is 0 Å². The Bertz CT molecular complexity index is 539. The van der Waals surface area contributed by atoms with Gasteiger partial charge in [-0.15, -0.1) is 0 Å². The number of nitrogens with two attached hydrogens (primary N) is 1. The quantitative estimate of drug-likeness (QED) is 0.686. The number of hydrogen-bond acceptors (Lipinski definition) is 3. The zero-order valence-corrected chi connectivity index (χ0v) is 10.8. The van der Waals surface area contributed by atoms with Crippen molar-refractivity contribution >= 4 is 12.0 Å². The lowest BCUT2D eigenvalue weighted by Gasteiger charge is -2.15. The number of carbonyl (C=O) groups is 1. The average Bonchev–Trinajstić information content (AvgIpc) is 3.01. The first-order chi connectivity index (χ1) is 9.22. The molecule has 0 bridgehead atoms. The average molecular weight is 285 g/mol. The third kappa shape index (κ3) is 3.19. The molecule has 2 N–H and O–H groups in total. The Labute approximate surface area is 114 Å². The van der Waals surface area contributed by atoms with Crippen molar-refractivity contribution in [3.8, 4) is 0 Å². The van der Waals surface area contributed by atoms with E-state index >= 15 is 0 Å². The lowest BCUT2D eigenvalue weighted by molar-refractivity contribution is -0.207. The van der Waals surface area contributed by atoms with E-state index in [0.717, 1.165) is 11.1 Å². The minimum Gasteiger partial charge on any atom is -0.437 e. The summed E-state index contributed by atoms with van der Waals surface area (Å²) in [6.45, 7) is 1.76. The number of rotatable bonds is 3. The van der Waals surface area contributed by atoms with Crippen LogP contribution in [-0.4, -0.2) is 17.9 Å². The number of alkyl halides is 3. The molecule has 1 aromatic rings. The fraction of sp³-hybridized carbons (Fsp3) is 0.357. The van der Waals surface area contributed by atoms with E-state index in [4.69, 9.17) is 5.73 Å². The highest BCUT2D eigenvalue weighted by molar-refractivity contribution is 5.76. The van der Waals surface area contributed by atoms with Crippen molar-refractivity contribution in [3.05, 3.63) is 41.5 Å². The molecule has 2 atom stereocenters. The molecule has 1 aliphatic carbocycles. The van der Waals surface area contributed by atoms with Crippen molar-refractivity contribution in [1.82, 2.24) is 0 Å². The molecular formula is C14H14F3NO2. The molecular weight excluding hydrogens is 271 g/mol. The zero-order chi connectivity index (χ0) is 15.0. The van der Waals surface area contributed by atoms with Crippen LogP contribution in [0, 0.1) is 5.92 Å². The van der Waals surface area contributed by atoms with Gasteiger partial charge in [-0.1, -0.05) is 42.0 Å². The van der Waals surface area contributed by atoms with Gasteiger partial charge in [-0.2, -0.15) is 13.2 Å². The summed E-state index contributed by atoms with van der Waals surface area (Å²) in [5.41, 5.74) is 5.82. The molecule has 0 heterocycles. The maximum absolute atomic E-state index is 12.1. The first-order valence-electron chi connectivity index (χ1n) is 6.05. The lowest BCUT2D eigenvalue weighted by Crippen LogP contribution is -2.38. The Hall–Kier alpha value is -1.82. The molecule has 20 heavy (non-hydrogen) atoms. The van der Waals surface area contributed by atoms with Gasteiger partial charge < -0.3 is 4.74 Å². The van der Waals surface area contributed by atoms with E-state index in [9.17, 15) is 18.0 Å². The van der Waals surface area contributed by atoms with Crippen LogP contribution in [0.5, 0.6) is 0 Å². The van der Waals surface area contributed by atoms with Crippen LogP contribution in [0.25, 0.3) is 6.08 Å². The molecule has 0 aromatic heterocycles. The Balaban J connectivity index is 2.03. The summed E-state index contributed by atoms with van der Waals surface area (Å²) < 4.78 is 40.8. The highest BCUT2D eigenvalue weighted by Gasteiger charge is 2.58. The van der Waals surface area contributed by atoms with E-state index in [2.05, 4.69) is 4.74 Å². The Morgan fingerprint density at radius 3 is 2.55 bits per heavy atom. The summed E-state index contributed by atoms with van der Waals surface area (Å²) in [5.74, 6) is -2.62. The van der Waals surface area contributed by atoms with Crippen molar-refractivity contribution < 1.29 is 22.7 Å². The molecule has 2 rings (SSSR count). The molecule has 0 amide bonds. The van der Waals surface area contributed by atoms with Crippen LogP contribution in [0.3, 0.4) is 0 Å². The second-order valence-electron chi connectivity index (χ2n) is 4.90. The van der Waals surface area contributed by atoms with Crippen LogP contribution < -0.4 is 5.73 Å². The maximum Gasteiger partial charge on any atom is 0.490 e. The topological polar surface area (TPSA) is 52.3 Å². The van der Waals surface area contributed by atoms with E-state index in [1.54, 1.807) is 6.92 Å². The summed E-state index contributed by atoms with van der Waals surface area (Å²) in [6.07, 6.45) is -3.00. The number of hydrogen-bond donors (Lipinski definition) is 1. The first-order valence-corrected chi connectivity index (χ1v) is 6.05. The van der Waals surface area contributed by atoms with Gasteiger partial charge in [0.25, 0.3) is 0 Å². The van der Waals surface area contributed by atoms with Gasteiger partial charge in [0.2, 0.25) is 0 Å². The molecule has 1 fully saturated rings. The molecule has 1 saturated carbocycles. The third-order valence-corrected chi connectivity index (χ3v) is 3.21. The van der Waals surface area contributed by atoms with Crippen LogP contribution in [0.15, 0.2) is 35.9 Å². The van der Waals surface area contributed by atoms with Crippen molar-refractivity contribution in [1.29, 1.82) is 0 Å². The second kappa shape index (κ2) is 4.94. The zero-order valence-electron chi connectivity index (χ0n) is 10.8. The van der Waals surface area contributed by atoms with Gasteiger partial charge in [0.05, 0.1) is 0 Å². The summed E-state index contributed by atoms with van der Waals surface area (Å²) >= 11 is 0. The minimum absolute atomic E-state index is 0.198. The highest BCUT2D eigenvalue weighted by atomic mass is 19.4. The van der Waals surface area contributed by atoms with Gasteiger partial charge >= 0.3 is 12.1 Å². The smallest absolute Gasteiger partial charge is 0.437 e. The molecule has 108 valence electrons. The SMILES string of the molecule is C/C(=C\c1ccccc1)C1CC1(N)OC(=O)C(F)(F)F. The van der Waals surface area contributed by atoms with E-state index in [-0.39, 0.29) is 12.3 Å². The van der Waals surface area contributed by atoms with Crippen molar-refractivity contribution in [2.24, 2.45) is 11.7 Å². The number of ether oxygens (including phenoxy) is 1. The van der Waals surface area contributed by atoms with Gasteiger partial charge in [0, 0.05) is 12.3 Å². The van der Waals surface area contributed by atoms with Crippen molar-refractivity contribution in [2.75, 3.05) is 0 Å². The summed E-state index contributed by atoms with van der Waals surface area (Å²) in [5, 5.41) is 0. The van der Waals surface area contributed by atoms with Crippen LogP contribution in [0.4, 0.5) is 13.2 Å². The fourth-order valence-electron chi connectivity index (χ4n) is 2.06. The largest absolute Gasteiger partial charge is 0.490 e. The van der Waals surface area contributed by atoms with Gasteiger partial charge in [0.15, 0.2) is 5.72 Å². The number of halogens is 3. The summed E-state index contributed by atoms with van der Waals surface area (Å²) in [4.78, 5) is 10.8. The predicted molar refractivity (Wildman–Crippen MR) is 67.3 cm³/mol. The van der Waals surface area contributed by atoms with Crippen LogP contribution in [0.2, 0.25) is 0 Å². The molecule has 3 nitrogen and oxygen atoms in total. The van der Waals surface area contributed by atoms with E-state index in [0.29, 0.717) is 0 Å². The molecule has 1 aromatic carbocycles. The monoisotopic (exact) mass is 285 g/mol. The highest BCUT2D eigenvalue weighted by Crippen LogP contribution is 2.48. The Kier molecular flexibility index (Phi) is 3.60. The van der Waals surface area contributed by atoms with E-state index in [1.165, 1.54) is 0 Å². The summed E-state index contributed by atoms with van der Waals surface area (Å²) in [7, 11) is 0. The van der Waals surface area contributed by atoms with E-state index in [1.807, 2.05) is 36.4 Å².